The van der Waals surface area contributed by atoms with Gasteiger partial charge in [-0.2, -0.15) is 8.42 Å². The molecule has 1 aliphatic rings. The zero-order valence-corrected chi connectivity index (χ0v) is 22.2. The van der Waals surface area contributed by atoms with E-state index in [9.17, 15) is 27.4 Å². The van der Waals surface area contributed by atoms with Crippen LogP contribution in [0.5, 0.6) is 0 Å². The Labute approximate surface area is 230 Å². The van der Waals surface area contributed by atoms with E-state index < -0.39 is 38.2 Å². The number of hydrogen-bond donors (Lipinski definition) is 4. The first-order valence-electron chi connectivity index (χ1n) is 12.3. The molecule has 0 spiro atoms. The van der Waals surface area contributed by atoms with Gasteiger partial charge < -0.3 is 16.4 Å². The van der Waals surface area contributed by atoms with Crippen molar-refractivity contribution in [3.63, 3.8) is 0 Å². The van der Waals surface area contributed by atoms with E-state index in [2.05, 4.69) is 10.6 Å². The van der Waals surface area contributed by atoms with E-state index in [4.69, 9.17) is 5.73 Å². The van der Waals surface area contributed by atoms with Crippen LogP contribution < -0.4 is 20.9 Å². The summed E-state index contributed by atoms with van der Waals surface area (Å²) in [5, 5.41) is 5.81. The molecule has 11 nitrogen and oxygen atoms in total. The van der Waals surface area contributed by atoms with Crippen molar-refractivity contribution >= 4 is 44.7 Å². The highest BCUT2D eigenvalue weighted by atomic mass is 32.2. The maximum Gasteiger partial charge on any atom is 0.296 e. The number of aryl methyl sites for hydroxylation is 2. The van der Waals surface area contributed by atoms with Gasteiger partial charge in [-0.25, -0.2) is 9.13 Å². The van der Waals surface area contributed by atoms with Gasteiger partial charge >= 0.3 is 0 Å². The van der Waals surface area contributed by atoms with Crippen molar-refractivity contribution in [1.82, 2.24) is 9.88 Å². The van der Waals surface area contributed by atoms with Crippen LogP contribution in [-0.4, -0.2) is 41.6 Å². The molecule has 0 atom stereocenters. The standard InChI is InChI=1S/C28H25N5O6S/c1-32-13-14-33(16-32)12-6-11-30-28(36)19-9-4-5-10-20(19)31-21-15-22(40(37,38)39)25(29)24-23(21)26(34)17-7-2-3-8-18(17)27(24)35/h2-5,7-10,13-16H,6,11-12H2,1H3,(H4-,29,30,31,34,35,36,37,38,39)/p+1. The Morgan fingerprint density at radius 1 is 1.00 bits per heavy atom. The number of nitrogens with two attached hydrogens (primary N) is 1. The van der Waals surface area contributed by atoms with Gasteiger partial charge in [0.2, 0.25) is 6.33 Å². The lowest BCUT2D eigenvalue weighted by atomic mass is 9.82. The van der Waals surface area contributed by atoms with Gasteiger partial charge in [0.1, 0.15) is 17.3 Å². The summed E-state index contributed by atoms with van der Waals surface area (Å²) in [6.07, 6.45) is 6.45. The molecule has 40 heavy (non-hydrogen) atoms. The van der Waals surface area contributed by atoms with Crippen LogP contribution in [0.2, 0.25) is 0 Å². The molecule has 3 aromatic carbocycles. The molecule has 0 unspecified atom stereocenters. The van der Waals surface area contributed by atoms with E-state index in [1.807, 2.05) is 34.9 Å². The second-order valence-electron chi connectivity index (χ2n) is 9.36. The van der Waals surface area contributed by atoms with Crippen LogP contribution in [0.25, 0.3) is 0 Å². The number of fused-ring (bicyclic) bond motifs is 2. The largest absolute Gasteiger partial charge is 0.397 e. The maximum atomic E-state index is 13.5. The molecular weight excluding hydrogens is 534 g/mol. The lowest BCUT2D eigenvalue weighted by molar-refractivity contribution is -0.671. The first-order valence-corrected chi connectivity index (χ1v) is 13.8. The van der Waals surface area contributed by atoms with E-state index in [1.54, 1.807) is 36.4 Å². The number of aromatic nitrogens is 2. The first-order chi connectivity index (χ1) is 19.1. The number of amides is 1. The minimum atomic E-state index is -4.87. The van der Waals surface area contributed by atoms with Gasteiger partial charge in [-0.05, 0) is 18.2 Å². The summed E-state index contributed by atoms with van der Waals surface area (Å²) in [5.74, 6) is -1.60. The minimum Gasteiger partial charge on any atom is -0.397 e. The number of ketones is 2. The molecule has 4 aromatic rings. The molecule has 0 fully saturated rings. The highest BCUT2D eigenvalue weighted by Crippen LogP contribution is 2.40. The van der Waals surface area contributed by atoms with Gasteiger partial charge in [-0.15, -0.1) is 0 Å². The zero-order chi connectivity index (χ0) is 28.6. The molecule has 1 heterocycles. The number of imidazole rings is 1. The van der Waals surface area contributed by atoms with Gasteiger partial charge in [-0.3, -0.25) is 18.9 Å². The molecule has 0 aliphatic heterocycles. The summed E-state index contributed by atoms with van der Waals surface area (Å²) >= 11 is 0. The number of para-hydroxylation sites is 1. The second-order valence-corrected chi connectivity index (χ2v) is 10.8. The number of benzene rings is 3. The number of rotatable bonds is 8. The normalized spacial score (nSPS) is 12.6. The summed E-state index contributed by atoms with van der Waals surface area (Å²) in [7, 11) is -2.96. The highest BCUT2D eigenvalue weighted by Gasteiger charge is 2.36. The van der Waals surface area contributed by atoms with Crippen LogP contribution in [0.15, 0.2) is 78.2 Å². The van der Waals surface area contributed by atoms with E-state index in [-0.39, 0.29) is 39.2 Å². The fraction of sp³-hybridized carbons (Fsp3) is 0.143. The third-order valence-corrected chi connectivity index (χ3v) is 7.51. The van der Waals surface area contributed by atoms with Crippen molar-refractivity contribution in [3.05, 3.63) is 101 Å². The Kier molecular flexibility index (Phi) is 6.96. The monoisotopic (exact) mass is 560 g/mol. The van der Waals surface area contributed by atoms with Gasteiger partial charge in [0.15, 0.2) is 11.6 Å². The quantitative estimate of drug-likeness (QED) is 0.0973. The van der Waals surface area contributed by atoms with Crippen LogP contribution in [-0.2, 0) is 23.7 Å². The maximum absolute atomic E-state index is 13.5. The van der Waals surface area contributed by atoms with Gasteiger partial charge in [0.25, 0.3) is 16.0 Å². The van der Waals surface area contributed by atoms with E-state index in [0.29, 0.717) is 19.5 Å². The summed E-state index contributed by atoms with van der Waals surface area (Å²) in [6.45, 7) is 1.09. The van der Waals surface area contributed by atoms with Crippen LogP contribution in [0, 0.1) is 0 Å². The van der Waals surface area contributed by atoms with Gasteiger partial charge in [0, 0.05) is 24.1 Å². The van der Waals surface area contributed by atoms with Crippen LogP contribution in [0.3, 0.4) is 0 Å². The summed E-state index contributed by atoms with van der Waals surface area (Å²) in [4.78, 5) is 39.3. The predicted octanol–water partition coefficient (Wildman–Crippen LogP) is 2.48. The van der Waals surface area contributed by atoms with Crippen LogP contribution >= 0.6 is 0 Å². The van der Waals surface area contributed by atoms with Crippen molar-refractivity contribution in [2.24, 2.45) is 7.05 Å². The Morgan fingerprint density at radius 3 is 2.30 bits per heavy atom. The fourth-order valence-electron chi connectivity index (χ4n) is 4.73. The van der Waals surface area contributed by atoms with E-state index in [1.165, 1.54) is 12.1 Å². The number of carbonyl (C=O) groups is 3. The zero-order valence-electron chi connectivity index (χ0n) is 21.4. The third kappa shape index (κ3) is 4.97. The Bertz CT molecular complexity index is 1790. The van der Waals surface area contributed by atoms with Crippen molar-refractivity contribution in [2.45, 2.75) is 17.9 Å². The average Bonchev–Trinajstić information content (AvgIpc) is 3.34. The lowest BCUT2D eigenvalue weighted by Crippen LogP contribution is -2.27. The smallest absolute Gasteiger partial charge is 0.296 e. The van der Waals surface area contributed by atoms with E-state index >= 15 is 0 Å². The molecule has 0 bridgehead atoms. The van der Waals surface area contributed by atoms with Crippen molar-refractivity contribution < 1.29 is 31.9 Å². The minimum absolute atomic E-state index is 0.0681. The molecule has 0 saturated heterocycles. The molecule has 5 N–H and O–H groups in total. The average molecular weight is 561 g/mol. The number of nitrogen functional groups attached to an aromatic ring is 1. The Balaban J connectivity index is 1.49. The number of anilines is 3. The van der Waals surface area contributed by atoms with Crippen LogP contribution in [0.1, 0.15) is 48.6 Å². The second kappa shape index (κ2) is 10.4. The molecule has 5 rings (SSSR count). The first kappa shape index (κ1) is 26.8. The summed E-state index contributed by atoms with van der Waals surface area (Å²) in [5.41, 5.74) is 5.62. The molecule has 12 heteroatoms. The fourth-order valence-corrected chi connectivity index (χ4v) is 5.38. The van der Waals surface area contributed by atoms with Gasteiger partial charge in [0.05, 0.1) is 47.3 Å². The number of nitrogens with one attached hydrogen (secondary N) is 2. The topological polar surface area (TPSA) is 164 Å². The Hall–Kier alpha value is -4.81. The summed E-state index contributed by atoms with van der Waals surface area (Å²) < 4.78 is 38.1. The number of hydrogen-bond acceptors (Lipinski definition) is 7. The molecule has 0 radical (unpaired) electrons. The lowest BCUT2D eigenvalue weighted by Gasteiger charge is -2.24. The molecule has 0 saturated carbocycles. The van der Waals surface area contributed by atoms with Crippen molar-refractivity contribution in [1.29, 1.82) is 0 Å². The predicted molar refractivity (Wildman–Crippen MR) is 146 cm³/mol. The molecule has 1 aliphatic carbocycles. The molecule has 1 amide bonds. The SMILES string of the molecule is C[n+]1ccn(CCCNC(=O)c2ccccc2Nc2cc(S(=O)(=O)O)c(N)c3c2C(=O)c2ccccc2C3=O)c1. The van der Waals surface area contributed by atoms with Crippen molar-refractivity contribution in [3.8, 4) is 0 Å². The van der Waals surface area contributed by atoms with E-state index in [0.717, 1.165) is 6.07 Å². The number of nitrogens with zero attached hydrogens (tertiary/aromatic N) is 2. The summed E-state index contributed by atoms with van der Waals surface area (Å²) in [6, 6.07) is 13.6. The highest BCUT2D eigenvalue weighted by molar-refractivity contribution is 7.86. The number of carbonyl (C=O) groups excluding carboxylic acids is 3. The Morgan fingerprint density at radius 2 is 1.65 bits per heavy atom. The van der Waals surface area contributed by atoms with Crippen LogP contribution in [0.4, 0.5) is 17.1 Å². The van der Waals surface area contributed by atoms with Gasteiger partial charge in [-0.1, -0.05) is 36.4 Å². The molecular formula is C28H26N5O6S+. The van der Waals surface area contributed by atoms with Crippen molar-refractivity contribution in [2.75, 3.05) is 17.6 Å². The third-order valence-electron chi connectivity index (χ3n) is 6.62. The molecule has 1 aromatic heterocycles. The molecule has 204 valence electrons.